The van der Waals surface area contributed by atoms with Gasteiger partial charge >= 0.3 is 5.97 Å². The molecule has 2 aromatic rings. The average Bonchev–Trinajstić information content (AvgIpc) is 2.62. The van der Waals surface area contributed by atoms with Crippen molar-refractivity contribution in [3.05, 3.63) is 59.4 Å². The lowest BCUT2D eigenvalue weighted by molar-refractivity contribution is 0.0599. The Morgan fingerprint density at radius 3 is 2.38 bits per heavy atom. The molecule has 0 saturated carbocycles. The third kappa shape index (κ3) is 4.32. The standard InChI is InChI=1S/C18H20N2O4/c1-4-24-15-8-5-13(6-9-15)12-20(2)17(21)16-10-7-14(11-19-16)18(22)23-3/h5-11H,4,12H2,1-3H3. The van der Waals surface area contributed by atoms with E-state index in [1.165, 1.54) is 25.4 Å². The minimum atomic E-state index is -0.482. The van der Waals surface area contributed by atoms with Crippen molar-refractivity contribution in [2.24, 2.45) is 0 Å². The first-order chi connectivity index (χ1) is 11.5. The van der Waals surface area contributed by atoms with Crippen LogP contribution in [0.4, 0.5) is 0 Å². The molecule has 0 spiro atoms. The second-order valence-corrected chi connectivity index (χ2v) is 5.16. The van der Waals surface area contributed by atoms with Crippen molar-refractivity contribution in [2.75, 3.05) is 20.8 Å². The summed E-state index contributed by atoms with van der Waals surface area (Å²) in [6.45, 7) is 3.00. The first kappa shape index (κ1) is 17.5. The van der Waals surface area contributed by atoms with Gasteiger partial charge in [0.2, 0.25) is 0 Å². The van der Waals surface area contributed by atoms with E-state index < -0.39 is 5.97 Å². The van der Waals surface area contributed by atoms with E-state index in [-0.39, 0.29) is 11.6 Å². The number of rotatable bonds is 6. The summed E-state index contributed by atoms with van der Waals surface area (Å²) < 4.78 is 10.00. The van der Waals surface area contributed by atoms with Gasteiger partial charge < -0.3 is 14.4 Å². The van der Waals surface area contributed by atoms with Crippen LogP contribution in [0.3, 0.4) is 0 Å². The van der Waals surface area contributed by atoms with E-state index in [0.29, 0.717) is 18.7 Å². The number of pyridine rings is 1. The van der Waals surface area contributed by atoms with Crippen LogP contribution < -0.4 is 4.74 Å². The number of hydrogen-bond acceptors (Lipinski definition) is 5. The molecular formula is C18H20N2O4. The maximum atomic E-state index is 12.4. The molecule has 0 N–H and O–H groups in total. The molecule has 0 fully saturated rings. The monoisotopic (exact) mass is 328 g/mol. The van der Waals surface area contributed by atoms with Crippen LogP contribution in [0.5, 0.6) is 5.75 Å². The van der Waals surface area contributed by atoms with Crippen molar-refractivity contribution in [1.29, 1.82) is 0 Å². The number of esters is 1. The Kier molecular flexibility index (Phi) is 5.89. The van der Waals surface area contributed by atoms with Crippen LogP contribution in [0.25, 0.3) is 0 Å². The fourth-order valence-electron chi connectivity index (χ4n) is 2.16. The van der Waals surface area contributed by atoms with Crippen molar-refractivity contribution in [2.45, 2.75) is 13.5 Å². The van der Waals surface area contributed by atoms with Gasteiger partial charge in [-0.2, -0.15) is 0 Å². The van der Waals surface area contributed by atoms with E-state index >= 15 is 0 Å². The average molecular weight is 328 g/mol. The molecule has 2 rings (SSSR count). The van der Waals surface area contributed by atoms with Crippen LogP contribution in [0.1, 0.15) is 33.3 Å². The molecule has 0 aliphatic rings. The molecule has 1 amide bonds. The predicted octanol–water partition coefficient (Wildman–Crippen LogP) is 2.54. The molecule has 126 valence electrons. The summed E-state index contributed by atoms with van der Waals surface area (Å²) in [6, 6.07) is 10.6. The Balaban J connectivity index is 2.02. The zero-order chi connectivity index (χ0) is 17.5. The summed E-state index contributed by atoms with van der Waals surface area (Å²) in [5, 5.41) is 0. The van der Waals surface area contributed by atoms with Crippen LogP contribution >= 0.6 is 0 Å². The van der Waals surface area contributed by atoms with Crippen molar-refractivity contribution < 1.29 is 19.1 Å². The van der Waals surface area contributed by atoms with Gasteiger partial charge in [-0.15, -0.1) is 0 Å². The Bertz CT molecular complexity index is 696. The molecule has 1 heterocycles. The molecule has 0 aliphatic heterocycles. The van der Waals surface area contributed by atoms with Crippen molar-refractivity contribution in [3.8, 4) is 5.75 Å². The van der Waals surface area contributed by atoms with E-state index in [1.807, 2.05) is 31.2 Å². The van der Waals surface area contributed by atoms with Gasteiger partial charge in [0.25, 0.3) is 5.91 Å². The second-order valence-electron chi connectivity index (χ2n) is 5.16. The second kappa shape index (κ2) is 8.10. The smallest absolute Gasteiger partial charge is 0.339 e. The summed E-state index contributed by atoms with van der Waals surface area (Å²) >= 11 is 0. The predicted molar refractivity (Wildman–Crippen MR) is 89.0 cm³/mol. The zero-order valence-corrected chi connectivity index (χ0v) is 14.0. The molecule has 0 radical (unpaired) electrons. The number of methoxy groups -OCH3 is 1. The van der Waals surface area contributed by atoms with Gasteiger partial charge in [-0.1, -0.05) is 12.1 Å². The number of aromatic nitrogens is 1. The number of benzene rings is 1. The van der Waals surface area contributed by atoms with E-state index in [1.54, 1.807) is 11.9 Å². The highest BCUT2D eigenvalue weighted by Crippen LogP contribution is 2.14. The number of nitrogens with zero attached hydrogens (tertiary/aromatic N) is 2. The Labute approximate surface area is 141 Å². The molecule has 6 heteroatoms. The fourth-order valence-corrected chi connectivity index (χ4v) is 2.16. The zero-order valence-electron chi connectivity index (χ0n) is 14.0. The molecular weight excluding hydrogens is 308 g/mol. The van der Waals surface area contributed by atoms with Gasteiger partial charge in [0.15, 0.2) is 0 Å². The number of hydrogen-bond donors (Lipinski definition) is 0. The third-order valence-corrected chi connectivity index (χ3v) is 3.40. The van der Waals surface area contributed by atoms with Crippen molar-refractivity contribution in [1.82, 2.24) is 9.88 Å². The quantitative estimate of drug-likeness (QED) is 0.762. The van der Waals surface area contributed by atoms with Crippen LogP contribution in [-0.2, 0) is 11.3 Å². The summed E-state index contributed by atoms with van der Waals surface area (Å²) in [6.07, 6.45) is 1.34. The van der Waals surface area contributed by atoms with Gasteiger partial charge in [0.05, 0.1) is 19.3 Å². The first-order valence-corrected chi connectivity index (χ1v) is 7.56. The van der Waals surface area contributed by atoms with Crippen molar-refractivity contribution >= 4 is 11.9 Å². The van der Waals surface area contributed by atoms with Gasteiger partial charge in [-0.25, -0.2) is 4.79 Å². The summed E-state index contributed by atoms with van der Waals surface area (Å²) in [4.78, 5) is 29.4. The highest BCUT2D eigenvalue weighted by Gasteiger charge is 2.15. The first-order valence-electron chi connectivity index (χ1n) is 7.56. The maximum Gasteiger partial charge on any atom is 0.339 e. The van der Waals surface area contributed by atoms with E-state index in [0.717, 1.165) is 11.3 Å². The van der Waals surface area contributed by atoms with Gasteiger partial charge in [-0.05, 0) is 36.8 Å². The molecule has 0 aliphatic carbocycles. The molecule has 24 heavy (non-hydrogen) atoms. The van der Waals surface area contributed by atoms with E-state index in [2.05, 4.69) is 9.72 Å². The molecule has 6 nitrogen and oxygen atoms in total. The minimum Gasteiger partial charge on any atom is -0.494 e. The molecule has 0 saturated heterocycles. The molecule has 0 bridgehead atoms. The van der Waals surface area contributed by atoms with Gasteiger partial charge in [0.1, 0.15) is 11.4 Å². The van der Waals surface area contributed by atoms with Gasteiger partial charge in [0, 0.05) is 19.8 Å². The third-order valence-electron chi connectivity index (χ3n) is 3.40. The Morgan fingerprint density at radius 2 is 1.83 bits per heavy atom. The lowest BCUT2D eigenvalue weighted by atomic mass is 10.2. The van der Waals surface area contributed by atoms with Gasteiger partial charge in [-0.3, -0.25) is 9.78 Å². The summed E-state index contributed by atoms with van der Waals surface area (Å²) in [5.41, 5.74) is 1.57. The number of amides is 1. The molecule has 1 aromatic carbocycles. The Hall–Kier alpha value is -2.89. The van der Waals surface area contributed by atoms with Crippen LogP contribution in [-0.4, -0.2) is 42.5 Å². The maximum absolute atomic E-state index is 12.4. The van der Waals surface area contributed by atoms with Crippen LogP contribution in [0.15, 0.2) is 42.6 Å². The highest BCUT2D eigenvalue weighted by molar-refractivity contribution is 5.94. The fraction of sp³-hybridized carbons (Fsp3) is 0.278. The molecule has 0 atom stereocenters. The lowest BCUT2D eigenvalue weighted by Crippen LogP contribution is -2.27. The SMILES string of the molecule is CCOc1ccc(CN(C)C(=O)c2ccc(C(=O)OC)cn2)cc1. The Morgan fingerprint density at radius 1 is 1.12 bits per heavy atom. The molecule has 0 unspecified atom stereocenters. The number of ether oxygens (including phenoxy) is 2. The van der Waals surface area contributed by atoms with Crippen molar-refractivity contribution in [3.63, 3.8) is 0 Å². The minimum absolute atomic E-state index is 0.222. The lowest BCUT2D eigenvalue weighted by Gasteiger charge is -2.17. The number of carbonyl (C=O) groups excluding carboxylic acids is 2. The van der Waals surface area contributed by atoms with Crippen LogP contribution in [0, 0.1) is 0 Å². The highest BCUT2D eigenvalue weighted by atomic mass is 16.5. The topological polar surface area (TPSA) is 68.7 Å². The summed E-state index contributed by atoms with van der Waals surface area (Å²) in [5.74, 6) is 0.0971. The van der Waals surface area contributed by atoms with E-state index in [4.69, 9.17) is 4.74 Å². The number of carbonyl (C=O) groups is 2. The largest absolute Gasteiger partial charge is 0.494 e. The van der Waals surface area contributed by atoms with Crippen LogP contribution in [0.2, 0.25) is 0 Å². The molecule has 1 aromatic heterocycles. The summed E-state index contributed by atoms with van der Waals surface area (Å²) in [7, 11) is 3.00. The van der Waals surface area contributed by atoms with E-state index in [9.17, 15) is 9.59 Å². The normalized spacial score (nSPS) is 10.1.